The summed E-state index contributed by atoms with van der Waals surface area (Å²) < 4.78 is 21.5. The maximum absolute atomic E-state index is 10.2. The van der Waals surface area contributed by atoms with Crippen LogP contribution in [-0.4, -0.2) is 106 Å². The average Bonchev–Trinajstić information content (AvgIpc) is 2.76. The fourth-order valence-electron chi connectivity index (χ4n) is 3.21. The molecule has 6 N–H and O–H groups in total. The van der Waals surface area contributed by atoms with Gasteiger partial charge in [0.15, 0.2) is 12.6 Å². The van der Waals surface area contributed by atoms with Gasteiger partial charge in [0.1, 0.15) is 42.7 Å². The highest BCUT2D eigenvalue weighted by Gasteiger charge is 2.45. The minimum atomic E-state index is -1.54. The number of ether oxygens (including phenoxy) is 4. The van der Waals surface area contributed by atoms with Crippen molar-refractivity contribution in [2.45, 2.75) is 55.3 Å². The molecule has 168 valence electrons. The van der Waals surface area contributed by atoms with E-state index in [9.17, 15) is 30.6 Å². The van der Waals surface area contributed by atoms with Crippen LogP contribution in [0.25, 0.3) is 6.08 Å². The topological polar surface area (TPSA) is 158 Å². The van der Waals surface area contributed by atoms with E-state index in [1.807, 2.05) is 36.4 Å². The van der Waals surface area contributed by atoms with Crippen LogP contribution in [-0.2, 0) is 18.9 Å². The molecule has 1 unspecified atom stereocenters. The van der Waals surface area contributed by atoms with E-state index in [-0.39, 0.29) is 19.8 Å². The van der Waals surface area contributed by atoms with Gasteiger partial charge in [0.05, 0.1) is 19.8 Å². The number of hydrogen-bond acceptors (Lipinski definition) is 10. The molecule has 10 nitrogen and oxygen atoms in total. The molecule has 2 heterocycles. The summed E-state index contributed by atoms with van der Waals surface area (Å²) in [5.74, 6) is 0. The number of aliphatic hydroxyl groups excluding tert-OH is 6. The summed E-state index contributed by atoms with van der Waals surface area (Å²) in [6, 6.07) is 9.50. The Morgan fingerprint density at radius 3 is 2.27 bits per heavy atom. The molecule has 3 rings (SSSR count). The van der Waals surface area contributed by atoms with Crippen LogP contribution in [0.1, 0.15) is 5.56 Å². The van der Waals surface area contributed by atoms with Crippen molar-refractivity contribution in [1.82, 2.24) is 0 Å². The van der Waals surface area contributed by atoms with Crippen LogP contribution in [0.15, 0.2) is 36.4 Å². The lowest BCUT2D eigenvalue weighted by atomic mass is 9.99. The second-order valence-corrected chi connectivity index (χ2v) is 7.24. The van der Waals surface area contributed by atoms with Crippen molar-refractivity contribution in [2.75, 3.05) is 19.8 Å². The third-order valence-electron chi connectivity index (χ3n) is 5.01. The molecule has 30 heavy (non-hydrogen) atoms. The van der Waals surface area contributed by atoms with E-state index in [1.54, 1.807) is 6.08 Å². The van der Waals surface area contributed by atoms with E-state index >= 15 is 0 Å². The van der Waals surface area contributed by atoms with Crippen molar-refractivity contribution < 1.29 is 49.6 Å². The van der Waals surface area contributed by atoms with Gasteiger partial charge in [-0.15, -0.1) is 0 Å². The van der Waals surface area contributed by atoms with E-state index in [1.165, 1.54) is 0 Å². The van der Waals surface area contributed by atoms with Gasteiger partial charge in [0.2, 0.25) is 0 Å². The first-order valence-corrected chi connectivity index (χ1v) is 9.68. The Kier molecular flexibility index (Phi) is 8.31. The van der Waals surface area contributed by atoms with E-state index in [0.717, 1.165) is 5.56 Å². The second-order valence-electron chi connectivity index (χ2n) is 7.24. The summed E-state index contributed by atoms with van der Waals surface area (Å²) >= 11 is 0. The number of aliphatic hydroxyl groups is 6. The monoisotopic (exact) mass is 428 g/mol. The Morgan fingerprint density at radius 1 is 0.833 bits per heavy atom. The standard InChI is InChI=1S/C20H28O10/c21-12-9-28-19(17(25)14(12)22)29-10-13-15(23)16(24)18(26)20(30-13)27-8-4-7-11-5-2-1-3-6-11/h1-7,12-26H,8-10H2/b7-4+/t12-,13+,14-,15+,16-,17+,18+,19?,20+/m1/s1. The lowest BCUT2D eigenvalue weighted by molar-refractivity contribution is -0.319. The molecule has 0 saturated carbocycles. The predicted octanol–water partition coefficient (Wildman–Crippen LogP) is -2.02. The molecule has 1 aromatic carbocycles. The highest BCUT2D eigenvalue weighted by atomic mass is 16.7. The van der Waals surface area contributed by atoms with Crippen LogP contribution >= 0.6 is 0 Å². The van der Waals surface area contributed by atoms with Crippen molar-refractivity contribution in [3.05, 3.63) is 42.0 Å². The van der Waals surface area contributed by atoms with Gasteiger partial charge >= 0.3 is 0 Å². The van der Waals surface area contributed by atoms with Gasteiger partial charge < -0.3 is 49.6 Å². The molecule has 0 amide bonds. The SMILES string of the molecule is O[C@H]1[C@H](O)[C@@H](OC/C=C/c2ccccc2)O[C@@H](COC2OC[C@@H](O)[C@@H](O)[C@@H]2O)[C@@H]1O. The quantitative estimate of drug-likeness (QED) is 0.286. The van der Waals surface area contributed by atoms with Gasteiger partial charge in [-0.2, -0.15) is 0 Å². The molecule has 9 atom stereocenters. The summed E-state index contributed by atoms with van der Waals surface area (Å²) in [6.07, 6.45) is -8.71. The molecule has 0 radical (unpaired) electrons. The highest BCUT2D eigenvalue weighted by molar-refractivity contribution is 5.48. The average molecular weight is 428 g/mol. The van der Waals surface area contributed by atoms with Crippen LogP contribution in [0.3, 0.4) is 0 Å². The molecule has 2 aliphatic rings. The van der Waals surface area contributed by atoms with Crippen LogP contribution in [0.2, 0.25) is 0 Å². The van der Waals surface area contributed by atoms with Gasteiger partial charge in [0, 0.05) is 0 Å². The van der Waals surface area contributed by atoms with E-state index in [4.69, 9.17) is 18.9 Å². The van der Waals surface area contributed by atoms with Crippen molar-refractivity contribution >= 4 is 6.08 Å². The lowest BCUT2D eigenvalue weighted by Crippen LogP contribution is -2.60. The number of hydrogen-bond donors (Lipinski definition) is 6. The lowest BCUT2D eigenvalue weighted by Gasteiger charge is -2.41. The highest BCUT2D eigenvalue weighted by Crippen LogP contribution is 2.24. The molecule has 0 spiro atoms. The van der Waals surface area contributed by atoms with E-state index in [2.05, 4.69) is 0 Å². The summed E-state index contributed by atoms with van der Waals surface area (Å²) in [4.78, 5) is 0. The summed E-state index contributed by atoms with van der Waals surface area (Å²) in [5.41, 5.74) is 0.964. The number of rotatable bonds is 7. The van der Waals surface area contributed by atoms with Crippen LogP contribution < -0.4 is 0 Å². The van der Waals surface area contributed by atoms with Crippen molar-refractivity contribution in [1.29, 1.82) is 0 Å². The largest absolute Gasteiger partial charge is 0.388 e. The third-order valence-corrected chi connectivity index (χ3v) is 5.01. The zero-order valence-corrected chi connectivity index (χ0v) is 16.2. The zero-order chi connectivity index (χ0) is 21.7. The van der Waals surface area contributed by atoms with Crippen molar-refractivity contribution in [3.8, 4) is 0 Å². The normalized spacial score (nSPS) is 40.0. The summed E-state index contributed by atoms with van der Waals surface area (Å²) in [6.45, 7) is -0.478. The molecule has 1 aromatic rings. The Balaban J connectivity index is 1.52. The Labute approximate surface area is 173 Å². The summed E-state index contributed by atoms with van der Waals surface area (Å²) in [7, 11) is 0. The first-order valence-electron chi connectivity index (χ1n) is 9.68. The molecular formula is C20H28O10. The van der Waals surface area contributed by atoms with Gasteiger partial charge in [-0.05, 0) is 5.56 Å². The maximum atomic E-state index is 10.2. The van der Waals surface area contributed by atoms with Crippen LogP contribution in [0.4, 0.5) is 0 Å². The van der Waals surface area contributed by atoms with Crippen LogP contribution in [0, 0.1) is 0 Å². The van der Waals surface area contributed by atoms with Crippen LogP contribution in [0.5, 0.6) is 0 Å². The third kappa shape index (κ3) is 5.62. The second kappa shape index (κ2) is 10.7. The molecule has 0 aliphatic carbocycles. The maximum Gasteiger partial charge on any atom is 0.187 e. The molecule has 2 aliphatic heterocycles. The fraction of sp³-hybridized carbons (Fsp3) is 0.600. The Hall–Kier alpha value is -1.44. The van der Waals surface area contributed by atoms with Crippen molar-refractivity contribution in [2.24, 2.45) is 0 Å². The molecule has 2 fully saturated rings. The first-order chi connectivity index (χ1) is 14.4. The molecule has 2 saturated heterocycles. The number of benzene rings is 1. The molecule has 0 aromatic heterocycles. The molecule has 10 heteroatoms. The smallest absolute Gasteiger partial charge is 0.187 e. The first kappa shape index (κ1) is 23.2. The van der Waals surface area contributed by atoms with Gasteiger partial charge in [0.25, 0.3) is 0 Å². The van der Waals surface area contributed by atoms with Gasteiger partial charge in [-0.25, -0.2) is 0 Å². The zero-order valence-electron chi connectivity index (χ0n) is 16.2. The van der Waals surface area contributed by atoms with E-state index < -0.39 is 55.3 Å². The Morgan fingerprint density at radius 2 is 1.53 bits per heavy atom. The fourth-order valence-corrected chi connectivity index (χ4v) is 3.21. The van der Waals surface area contributed by atoms with Gasteiger partial charge in [-0.1, -0.05) is 42.5 Å². The predicted molar refractivity (Wildman–Crippen MR) is 102 cm³/mol. The molecule has 0 bridgehead atoms. The minimum absolute atomic E-state index is 0.0849. The van der Waals surface area contributed by atoms with Crippen molar-refractivity contribution in [3.63, 3.8) is 0 Å². The summed E-state index contributed by atoms with van der Waals surface area (Å²) in [5, 5.41) is 59.4. The minimum Gasteiger partial charge on any atom is -0.388 e. The molecular weight excluding hydrogens is 400 g/mol. The van der Waals surface area contributed by atoms with Gasteiger partial charge in [-0.3, -0.25) is 0 Å². The Bertz CT molecular complexity index is 671. The van der Waals surface area contributed by atoms with E-state index in [0.29, 0.717) is 0 Å².